The lowest BCUT2D eigenvalue weighted by Crippen LogP contribution is -2.29. The predicted molar refractivity (Wildman–Crippen MR) is 130 cm³/mol. The Morgan fingerprint density at radius 1 is 1.28 bits per heavy atom. The Balaban J connectivity index is 1.61. The number of nitrogens with zero attached hydrogens (tertiary/aromatic N) is 3. The molecule has 1 aliphatic carbocycles. The molecule has 2 heterocycles. The van der Waals surface area contributed by atoms with Gasteiger partial charge in [0.25, 0.3) is 5.91 Å². The number of carbonyl (C=O) groups excluding carboxylic acids is 1. The molecule has 0 saturated heterocycles. The largest absolute Gasteiger partial charge is 0.382 e. The molecule has 6 heteroatoms. The smallest absolute Gasteiger partial charge is 0.256 e. The van der Waals surface area contributed by atoms with Crippen molar-refractivity contribution >= 4 is 23.1 Å². The number of amidine groups is 1. The molecular formula is C26H29N5O. The summed E-state index contributed by atoms with van der Waals surface area (Å²) in [6, 6.07) is 11.6. The molecule has 164 valence electrons. The van der Waals surface area contributed by atoms with Crippen LogP contribution < -0.4 is 11.1 Å². The van der Waals surface area contributed by atoms with Crippen molar-refractivity contribution in [2.24, 2.45) is 16.6 Å². The highest BCUT2D eigenvalue weighted by Gasteiger charge is 2.24. The van der Waals surface area contributed by atoms with Crippen LogP contribution in [-0.2, 0) is 0 Å². The SMILES string of the molecule is C=CN1C=CN=C(N)/C1=C(\c1ccc(C(=O)Nc2cc(C3CC3)ccn2)cc1)C(C)CC. The third-order valence-electron chi connectivity index (χ3n) is 6.03. The van der Waals surface area contributed by atoms with Crippen molar-refractivity contribution in [3.63, 3.8) is 0 Å². The van der Waals surface area contributed by atoms with Gasteiger partial charge in [0.05, 0.1) is 5.70 Å². The fourth-order valence-corrected chi connectivity index (χ4v) is 3.92. The number of nitrogens with one attached hydrogen (secondary N) is 1. The van der Waals surface area contributed by atoms with Crippen molar-refractivity contribution in [1.29, 1.82) is 0 Å². The van der Waals surface area contributed by atoms with Crippen molar-refractivity contribution in [2.45, 2.75) is 39.0 Å². The highest BCUT2D eigenvalue weighted by molar-refractivity contribution is 6.06. The van der Waals surface area contributed by atoms with E-state index in [9.17, 15) is 4.79 Å². The molecule has 0 radical (unpaired) electrons. The zero-order valence-corrected chi connectivity index (χ0v) is 18.6. The maximum Gasteiger partial charge on any atom is 0.256 e. The molecule has 6 nitrogen and oxygen atoms in total. The molecule has 1 saturated carbocycles. The number of aromatic nitrogens is 1. The minimum atomic E-state index is -0.177. The number of hydrogen-bond acceptors (Lipinski definition) is 5. The lowest BCUT2D eigenvalue weighted by molar-refractivity contribution is 0.102. The number of amides is 1. The van der Waals surface area contributed by atoms with Gasteiger partial charge >= 0.3 is 0 Å². The van der Waals surface area contributed by atoms with E-state index < -0.39 is 0 Å². The van der Waals surface area contributed by atoms with Crippen LogP contribution in [0.15, 0.2) is 78.5 Å². The van der Waals surface area contributed by atoms with Gasteiger partial charge < -0.3 is 16.0 Å². The van der Waals surface area contributed by atoms with Crippen molar-refractivity contribution in [1.82, 2.24) is 9.88 Å². The van der Waals surface area contributed by atoms with E-state index >= 15 is 0 Å². The number of aliphatic imine (C=N–C) groups is 1. The molecule has 1 fully saturated rings. The summed E-state index contributed by atoms with van der Waals surface area (Å²) in [5.74, 6) is 1.71. The zero-order chi connectivity index (χ0) is 22.7. The van der Waals surface area contributed by atoms with Gasteiger partial charge in [0.2, 0.25) is 0 Å². The number of nitrogens with two attached hydrogens (primary N) is 1. The van der Waals surface area contributed by atoms with Gasteiger partial charge in [-0.25, -0.2) is 9.98 Å². The molecule has 1 aliphatic heterocycles. The molecule has 1 aromatic heterocycles. The average molecular weight is 428 g/mol. The fourth-order valence-electron chi connectivity index (χ4n) is 3.92. The molecule has 3 N–H and O–H groups in total. The first-order chi connectivity index (χ1) is 15.5. The van der Waals surface area contributed by atoms with Crippen LogP contribution in [0.2, 0.25) is 0 Å². The van der Waals surface area contributed by atoms with Crippen LogP contribution in [0.4, 0.5) is 5.82 Å². The fraction of sp³-hybridized carbons (Fsp3) is 0.269. The molecule has 1 amide bonds. The normalized spacial score (nSPS) is 18.1. The number of hydrogen-bond donors (Lipinski definition) is 2. The van der Waals surface area contributed by atoms with Crippen molar-refractivity contribution < 1.29 is 4.79 Å². The first-order valence-corrected chi connectivity index (χ1v) is 11.0. The molecule has 1 atom stereocenters. The Bertz CT molecular complexity index is 1110. The average Bonchev–Trinajstić information content (AvgIpc) is 3.66. The van der Waals surface area contributed by atoms with Gasteiger partial charge in [0, 0.05) is 30.4 Å². The molecule has 0 spiro atoms. The lowest BCUT2D eigenvalue weighted by Gasteiger charge is -2.28. The Kier molecular flexibility index (Phi) is 6.21. The van der Waals surface area contributed by atoms with Crippen molar-refractivity contribution in [3.8, 4) is 0 Å². The first kappa shape index (κ1) is 21.6. The second-order valence-electron chi connectivity index (χ2n) is 8.25. The minimum absolute atomic E-state index is 0.177. The van der Waals surface area contributed by atoms with E-state index in [2.05, 4.69) is 35.7 Å². The number of carbonyl (C=O) groups is 1. The second-order valence-corrected chi connectivity index (χ2v) is 8.25. The topological polar surface area (TPSA) is 83.6 Å². The Morgan fingerprint density at radius 3 is 2.66 bits per heavy atom. The van der Waals surface area contributed by atoms with Gasteiger partial charge in [-0.15, -0.1) is 0 Å². The van der Waals surface area contributed by atoms with E-state index in [4.69, 9.17) is 5.73 Å². The van der Waals surface area contributed by atoms with Crippen LogP contribution >= 0.6 is 0 Å². The van der Waals surface area contributed by atoms with Gasteiger partial charge in [-0.1, -0.05) is 32.6 Å². The summed E-state index contributed by atoms with van der Waals surface area (Å²) < 4.78 is 0. The summed E-state index contributed by atoms with van der Waals surface area (Å²) >= 11 is 0. The van der Waals surface area contributed by atoms with Crippen LogP contribution in [0.5, 0.6) is 0 Å². The van der Waals surface area contributed by atoms with Gasteiger partial charge in [-0.05, 0) is 72.1 Å². The van der Waals surface area contributed by atoms with Gasteiger partial charge in [-0.3, -0.25) is 4.79 Å². The van der Waals surface area contributed by atoms with E-state index in [1.165, 1.54) is 18.4 Å². The van der Waals surface area contributed by atoms with Crippen LogP contribution in [0.1, 0.15) is 60.5 Å². The summed E-state index contributed by atoms with van der Waals surface area (Å²) in [6.45, 7) is 8.20. The number of allylic oxidation sites excluding steroid dienone is 1. The van der Waals surface area contributed by atoms with E-state index in [0.717, 1.165) is 23.3 Å². The monoisotopic (exact) mass is 427 g/mol. The summed E-state index contributed by atoms with van der Waals surface area (Å²) in [7, 11) is 0. The van der Waals surface area contributed by atoms with Crippen LogP contribution in [0.3, 0.4) is 0 Å². The second kappa shape index (κ2) is 9.22. The van der Waals surface area contributed by atoms with E-state index in [1.54, 1.807) is 18.6 Å². The number of pyridine rings is 1. The summed E-state index contributed by atoms with van der Waals surface area (Å²) in [6.07, 6.45) is 10.3. The standard InChI is InChI=1S/C26H29N5O/c1-4-17(3)23(24-25(27)29-14-15-31(24)5-2)19-8-10-20(11-9-19)26(32)30-22-16-21(12-13-28-22)18-6-7-18/h5,8-18H,2,4,6-7H2,1,3H3,(H2,27,29)(H,28,30,32)/b24-23+. The molecule has 2 aliphatic rings. The minimum Gasteiger partial charge on any atom is -0.382 e. The maximum atomic E-state index is 12.8. The van der Waals surface area contributed by atoms with Gasteiger partial charge in [0.15, 0.2) is 0 Å². The molecule has 2 aromatic rings. The van der Waals surface area contributed by atoms with E-state index in [0.29, 0.717) is 23.1 Å². The Hall–Kier alpha value is -3.67. The molecule has 1 aromatic carbocycles. The highest BCUT2D eigenvalue weighted by Crippen LogP contribution is 2.40. The molecule has 32 heavy (non-hydrogen) atoms. The summed E-state index contributed by atoms with van der Waals surface area (Å²) in [5.41, 5.74) is 11.0. The third-order valence-corrected chi connectivity index (χ3v) is 6.03. The molecule has 1 unspecified atom stereocenters. The van der Waals surface area contributed by atoms with Gasteiger partial charge in [-0.2, -0.15) is 0 Å². The van der Waals surface area contributed by atoms with Crippen molar-refractivity contribution in [2.75, 3.05) is 5.32 Å². The zero-order valence-electron chi connectivity index (χ0n) is 18.6. The summed E-state index contributed by atoms with van der Waals surface area (Å²) in [4.78, 5) is 23.3. The number of anilines is 1. The highest BCUT2D eigenvalue weighted by atomic mass is 16.1. The molecule has 4 rings (SSSR count). The van der Waals surface area contributed by atoms with Gasteiger partial charge in [0.1, 0.15) is 11.7 Å². The Labute approximate surface area is 189 Å². The predicted octanol–water partition coefficient (Wildman–Crippen LogP) is 5.26. The van der Waals surface area contributed by atoms with Crippen molar-refractivity contribution in [3.05, 3.63) is 90.2 Å². The first-order valence-electron chi connectivity index (χ1n) is 11.0. The Morgan fingerprint density at radius 2 is 2.00 bits per heavy atom. The third kappa shape index (κ3) is 4.49. The van der Waals surface area contributed by atoms with E-state index in [1.807, 2.05) is 47.5 Å². The van der Waals surface area contributed by atoms with Crippen LogP contribution in [0.25, 0.3) is 5.57 Å². The van der Waals surface area contributed by atoms with Crippen LogP contribution in [-0.4, -0.2) is 21.6 Å². The number of benzene rings is 1. The van der Waals surface area contributed by atoms with Crippen LogP contribution in [0, 0.1) is 5.92 Å². The quantitative estimate of drug-likeness (QED) is 0.632. The lowest BCUT2D eigenvalue weighted by atomic mass is 9.88. The molecular weight excluding hydrogens is 398 g/mol. The maximum absolute atomic E-state index is 12.8. The summed E-state index contributed by atoms with van der Waals surface area (Å²) in [5, 5.41) is 2.92. The number of rotatable bonds is 7. The van der Waals surface area contributed by atoms with E-state index in [-0.39, 0.29) is 11.8 Å². The molecule has 0 bridgehead atoms.